The Hall–Kier alpha value is -2.84. The van der Waals surface area contributed by atoms with E-state index in [2.05, 4.69) is 50.7 Å². The van der Waals surface area contributed by atoms with Gasteiger partial charge in [0.25, 0.3) is 0 Å². The molecular weight excluding hydrogens is 412 g/mol. The Morgan fingerprint density at radius 3 is 2.71 bits per heavy atom. The summed E-state index contributed by atoms with van der Waals surface area (Å²) in [7, 11) is 2.16. The summed E-state index contributed by atoms with van der Waals surface area (Å²) in [6, 6.07) is 12.0. The van der Waals surface area contributed by atoms with Crippen LogP contribution in [0.5, 0.6) is 0 Å². The second-order valence-corrected chi connectivity index (χ2v) is 8.03. The van der Waals surface area contributed by atoms with Gasteiger partial charge in [0.05, 0.1) is 13.1 Å². The van der Waals surface area contributed by atoms with E-state index in [9.17, 15) is 0 Å². The molecular formula is C22H29ClN8. The van der Waals surface area contributed by atoms with Crippen LogP contribution >= 0.6 is 11.6 Å². The van der Waals surface area contributed by atoms with E-state index in [1.807, 2.05) is 40.9 Å². The van der Waals surface area contributed by atoms with Gasteiger partial charge in [-0.3, -0.25) is 4.40 Å². The number of aliphatic imine (C=N–C) groups is 1. The van der Waals surface area contributed by atoms with E-state index < -0.39 is 0 Å². The fraction of sp³-hybridized carbons (Fsp3) is 0.409. The van der Waals surface area contributed by atoms with Gasteiger partial charge in [0, 0.05) is 55.2 Å². The summed E-state index contributed by atoms with van der Waals surface area (Å²) in [6.45, 7) is 7.91. The highest BCUT2D eigenvalue weighted by Crippen LogP contribution is 2.29. The highest BCUT2D eigenvalue weighted by atomic mass is 35.5. The first-order valence-corrected chi connectivity index (χ1v) is 11.0. The topological polar surface area (TPSA) is 73.1 Å². The van der Waals surface area contributed by atoms with E-state index in [1.54, 1.807) is 0 Å². The number of fused-ring (bicyclic) bond motifs is 1. The van der Waals surface area contributed by atoms with E-state index >= 15 is 0 Å². The molecule has 4 rings (SSSR count). The average Bonchev–Trinajstić information content (AvgIpc) is 3.20. The van der Waals surface area contributed by atoms with Crippen LogP contribution in [-0.2, 0) is 13.1 Å². The van der Waals surface area contributed by atoms with Crippen LogP contribution in [0.25, 0.3) is 5.65 Å². The van der Waals surface area contributed by atoms with Crippen molar-refractivity contribution in [1.29, 1.82) is 0 Å². The first kappa shape index (κ1) is 21.4. The van der Waals surface area contributed by atoms with Crippen molar-refractivity contribution in [2.75, 3.05) is 44.7 Å². The van der Waals surface area contributed by atoms with Crippen LogP contribution in [0.2, 0.25) is 5.02 Å². The first-order valence-electron chi connectivity index (χ1n) is 10.7. The molecule has 0 radical (unpaired) electrons. The van der Waals surface area contributed by atoms with E-state index in [1.165, 1.54) is 5.69 Å². The predicted molar refractivity (Wildman–Crippen MR) is 126 cm³/mol. The Morgan fingerprint density at radius 2 is 1.90 bits per heavy atom. The molecule has 1 fully saturated rings. The monoisotopic (exact) mass is 440 g/mol. The van der Waals surface area contributed by atoms with Crippen LogP contribution in [-0.4, -0.2) is 65.2 Å². The van der Waals surface area contributed by atoms with Gasteiger partial charge in [-0.25, -0.2) is 4.99 Å². The van der Waals surface area contributed by atoms with Gasteiger partial charge < -0.3 is 20.4 Å². The Balaban J connectivity index is 1.49. The molecule has 3 aromatic rings. The van der Waals surface area contributed by atoms with E-state index in [-0.39, 0.29) is 0 Å². The molecule has 0 amide bonds. The van der Waals surface area contributed by atoms with Crippen molar-refractivity contribution in [3.63, 3.8) is 0 Å². The highest BCUT2D eigenvalue weighted by Gasteiger charge is 2.18. The number of nitrogens with one attached hydrogen (secondary N) is 2. The Labute approximate surface area is 187 Å². The quantitative estimate of drug-likeness (QED) is 0.453. The van der Waals surface area contributed by atoms with Crippen molar-refractivity contribution < 1.29 is 0 Å². The highest BCUT2D eigenvalue weighted by molar-refractivity contribution is 6.31. The van der Waals surface area contributed by atoms with Crippen molar-refractivity contribution >= 4 is 28.9 Å². The largest absolute Gasteiger partial charge is 0.369 e. The number of hydrogen-bond donors (Lipinski definition) is 2. The second kappa shape index (κ2) is 9.98. The summed E-state index contributed by atoms with van der Waals surface area (Å²) in [6.07, 6.45) is 1.96. The molecule has 0 saturated carbocycles. The standard InChI is InChI=1S/C22H29ClN8/c1-3-24-22(26-16-21-28-27-20-9-4-5-10-31(20)21)25-15-17-18(23)7-6-8-19(17)30-13-11-29(2)12-14-30/h4-10H,3,11-16H2,1-2H3,(H2,24,25,26). The minimum atomic E-state index is 0.497. The molecule has 9 heteroatoms. The summed E-state index contributed by atoms with van der Waals surface area (Å²) in [4.78, 5) is 9.56. The number of piperazine rings is 1. The third-order valence-corrected chi connectivity index (χ3v) is 5.83. The lowest BCUT2D eigenvalue weighted by molar-refractivity contribution is 0.312. The first-order chi connectivity index (χ1) is 15.2. The van der Waals surface area contributed by atoms with Crippen molar-refractivity contribution in [1.82, 2.24) is 30.1 Å². The number of halogens is 1. The molecule has 1 aliphatic heterocycles. The number of benzene rings is 1. The normalized spacial score (nSPS) is 15.5. The molecule has 164 valence electrons. The SMILES string of the molecule is CCNC(=NCc1c(Cl)cccc1N1CCN(C)CC1)NCc1nnc2ccccn12. The maximum absolute atomic E-state index is 6.59. The van der Waals surface area contributed by atoms with Crippen molar-refractivity contribution in [3.8, 4) is 0 Å². The van der Waals surface area contributed by atoms with Crippen LogP contribution in [0.4, 0.5) is 5.69 Å². The number of anilines is 1. The number of pyridine rings is 1. The molecule has 0 aliphatic carbocycles. The molecule has 0 unspecified atom stereocenters. The van der Waals surface area contributed by atoms with Crippen molar-refractivity contribution in [2.45, 2.75) is 20.0 Å². The van der Waals surface area contributed by atoms with Crippen LogP contribution < -0.4 is 15.5 Å². The number of likely N-dealkylation sites (N-methyl/N-ethyl adjacent to an activating group) is 1. The number of aromatic nitrogens is 3. The fourth-order valence-electron chi connectivity index (χ4n) is 3.72. The Kier molecular flexibility index (Phi) is 6.89. The van der Waals surface area contributed by atoms with Gasteiger partial charge in [0.2, 0.25) is 0 Å². The van der Waals surface area contributed by atoms with E-state index in [0.717, 1.165) is 60.7 Å². The molecule has 2 N–H and O–H groups in total. The lowest BCUT2D eigenvalue weighted by atomic mass is 10.1. The fourth-order valence-corrected chi connectivity index (χ4v) is 3.95. The molecule has 2 aromatic heterocycles. The summed E-state index contributed by atoms with van der Waals surface area (Å²) in [5.74, 6) is 1.55. The zero-order chi connectivity index (χ0) is 21.6. The van der Waals surface area contributed by atoms with Gasteiger partial charge in [0.15, 0.2) is 17.4 Å². The zero-order valence-corrected chi connectivity index (χ0v) is 18.8. The summed E-state index contributed by atoms with van der Waals surface area (Å²) in [5.41, 5.74) is 3.05. The van der Waals surface area contributed by atoms with E-state index in [0.29, 0.717) is 13.1 Å². The molecule has 0 spiro atoms. The van der Waals surface area contributed by atoms with Gasteiger partial charge in [0.1, 0.15) is 0 Å². The average molecular weight is 441 g/mol. The summed E-state index contributed by atoms with van der Waals surface area (Å²) < 4.78 is 1.97. The molecule has 3 heterocycles. The number of hydrogen-bond acceptors (Lipinski definition) is 5. The van der Waals surface area contributed by atoms with Crippen LogP contribution in [0, 0.1) is 0 Å². The predicted octanol–water partition coefficient (Wildman–Crippen LogP) is 2.39. The van der Waals surface area contributed by atoms with Gasteiger partial charge in [-0.15, -0.1) is 10.2 Å². The smallest absolute Gasteiger partial charge is 0.191 e. The number of rotatable bonds is 6. The van der Waals surface area contributed by atoms with E-state index in [4.69, 9.17) is 16.6 Å². The van der Waals surface area contributed by atoms with Gasteiger partial charge in [-0.05, 0) is 38.2 Å². The van der Waals surface area contributed by atoms with Crippen LogP contribution in [0.15, 0.2) is 47.6 Å². The third-order valence-electron chi connectivity index (χ3n) is 5.48. The Morgan fingerprint density at radius 1 is 1.06 bits per heavy atom. The second-order valence-electron chi connectivity index (χ2n) is 7.62. The number of nitrogens with zero attached hydrogens (tertiary/aromatic N) is 6. The van der Waals surface area contributed by atoms with Gasteiger partial charge in [-0.2, -0.15) is 0 Å². The zero-order valence-electron chi connectivity index (χ0n) is 18.1. The lowest BCUT2D eigenvalue weighted by Crippen LogP contribution is -2.44. The maximum Gasteiger partial charge on any atom is 0.191 e. The maximum atomic E-state index is 6.59. The molecule has 0 bridgehead atoms. The summed E-state index contributed by atoms with van der Waals surface area (Å²) >= 11 is 6.59. The van der Waals surface area contributed by atoms with Crippen molar-refractivity contribution in [3.05, 3.63) is 59.0 Å². The number of guanidine groups is 1. The van der Waals surface area contributed by atoms with Crippen LogP contribution in [0.3, 0.4) is 0 Å². The molecule has 31 heavy (non-hydrogen) atoms. The van der Waals surface area contributed by atoms with Gasteiger partial charge in [-0.1, -0.05) is 23.7 Å². The van der Waals surface area contributed by atoms with Crippen molar-refractivity contribution in [2.24, 2.45) is 4.99 Å². The Bertz CT molecular complexity index is 1040. The summed E-state index contributed by atoms with van der Waals surface area (Å²) in [5, 5.41) is 15.9. The minimum Gasteiger partial charge on any atom is -0.369 e. The minimum absolute atomic E-state index is 0.497. The third kappa shape index (κ3) is 5.08. The van der Waals surface area contributed by atoms with Crippen LogP contribution in [0.1, 0.15) is 18.3 Å². The molecule has 0 atom stereocenters. The lowest BCUT2D eigenvalue weighted by Gasteiger charge is -2.35. The van der Waals surface area contributed by atoms with Gasteiger partial charge >= 0.3 is 0 Å². The molecule has 1 aromatic carbocycles. The molecule has 1 saturated heterocycles. The molecule has 1 aliphatic rings. The molecule has 8 nitrogen and oxygen atoms in total.